The van der Waals surface area contributed by atoms with Crippen molar-refractivity contribution in [2.24, 2.45) is 0 Å². The maximum absolute atomic E-state index is 12.8. The lowest BCUT2D eigenvalue weighted by Crippen LogP contribution is -2.11. The summed E-state index contributed by atoms with van der Waals surface area (Å²) in [6.07, 6.45) is -2.06. The molecule has 8 nitrogen and oxygen atoms in total. The summed E-state index contributed by atoms with van der Waals surface area (Å²) in [5.74, 6) is 0. The van der Waals surface area contributed by atoms with Crippen LogP contribution in [-0.4, -0.2) is 14.8 Å². The number of hydrogen-bond donors (Lipinski definition) is 1. The molecule has 0 spiro atoms. The van der Waals surface area contributed by atoms with Gasteiger partial charge in [0.1, 0.15) is 0 Å². The van der Waals surface area contributed by atoms with Gasteiger partial charge in [0.15, 0.2) is 5.69 Å². The molecule has 126 valence electrons. The fourth-order valence-corrected chi connectivity index (χ4v) is 1.94. The zero-order valence-electron chi connectivity index (χ0n) is 11.8. The average molecular weight is 342 g/mol. The van der Waals surface area contributed by atoms with E-state index in [-0.39, 0.29) is 18.7 Å². The standard InChI is InChI=1S/C13H9F3N4O4/c14-13(15,16)9-4-10(19(21)22)12(11(5-9)20(23)24)18-7-8-2-1-3-17-6-8/h1-6,18H,7H2. The normalized spacial score (nSPS) is 11.1. The van der Waals surface area contributed by atoms with Gasteiger partial charge in [-0.05, 0) is 11.6 Å². The third-order valence-electron chi connectivity index (χ3n) is 3.01. The van der Waals surface area contributed by atoms with Crippen LogP contribution in [0.15, 0.2) is 36.7 Å². The van der Waals surface area contributed by atoms with Gasteiger partial charge in [0.25, 0.3) is 11.4 Å². The Morgan fingerprint density at radius 2 is 1.71 bits per heavy atom. The molecule has 0 unspecified atom stereocenters. The first-order valence-corrected chi connectivity index (χ1v) is 6.37. The first-order valence-electron chi connectivity index (χ1n) is 6.37. The molecule has 2 rings (SSSR count). The molecular formula is C13H9F3N4O4. The molecule has 0 aliphatic carbocycles. The van der Waals surface area contributed by atoms with Crippen molar-refractivity contribution in [2.75, 3.05) is 5.32 Å². The van der Waals surface area contributed by atoms with Gasteiger partial charge in [0, 0.05) is 31.1 Å². The van der Waals surface area contributed by atoms with Crippen LogP contribution >= 0.6 is 0 Å². The number of pyridine rings is 1. The van der Waals surface area contributed by atoms with E-state index in [0.717, 1.165) is 0 Å². The van der Waals surface area contributed by atoms with E-state index in [1.807, 2.05) is 0 Å². The minimum absolute atomic E-state index is 0.0825. The molecule has 0 saturated heterocycles. The first-order chi connectivity index (χ1) is 11.2. The molecule has 0 aliphatic rings. The van der Waals surface area contributed by atoms with E-state index in [1.165, 1.54) is 12.4 Å². The number of nitrogens with zero attached hydrogens (tertiary/aromatic N) is 3. The Bertz CT molecular complexity index is 746. The largest absolute Gasteiger partial charge is 0.416 e. The van der Waals surface area contributed by atoms with Crippen molar-refractivity contribution in [3.05, 3.63) is 68.0 Å². The summed E-state index contributed by atoms with van der Waals surface area (Å²) in [5.41, 5.74) is -3.57. The molecule has 0 fully saturated rings. The Kier molecular flexibility index (Phi) is 4.62. The maximum Gasteiger partial charge on any atom is 0.416 e. The van der Waals surface area contributed by atoms with Crippen LogP contribution in [0.1, 0.15) is 11.1 Å². The van der Waals surface area contributed by atoms with Crippen LogP contribution in [0.4, 0.5) is 30.2 Å². The van der Waals surface area contributed by atoms with Crippen LogP contribution in [0.3, 0.4) is 0 Å². The maximum atomic E-state index is 12.8. The number of benzene rings is 1. The van der Waals surface area contributed by atoms with E-state index >= 15 is 0 Å². The molecule has 1 N–H and O–H groups in total. The van der Waals surface area contributed by atoms with Crippen molar-refractivity contribution in [1.29, 1.82) is 0 Å². The van der Waals surface area contributed by atoms with Gasteiger partial charge in [-0.25, -0.2) is 0 Å². The van der Waals surface area contributed by atoms with Gasteiger partial charge < -0.3 is 5.32 Å². The van der Waals surface area contributed by atoms with Gasteiger partial charge >= 0.3 is 6.18 Å². The molecule has 1 aromatic carbocycles. The van der Waals surface area contributed by atoms with Crippen LogP contribution in [0.2, 0.25) is 0 Å². The van der Waals surface area contributed by atoms with E-state index in [9.17, 15) is 33.4 Å². The van der Waals surface area contributed by atoms with Crippen LogP contribution in [-0.2, 0) is 12.7 Å². The molecular weight excluding hydrogens is 333 g/mol. The van der Waals surface area contributed by atoms with Crippen molar-refractivity contribution >= 4 is 17.1 Å². The zero-order valence-corrected chi connectivity index (χ0v) is 11.8. The molecule has 11 heteroatoms. The van der Waals surface area contributed by atoms with Crippen LogP contribution in [0.25, 0.3) is 0 Å². The number of hydrogen-bond acceptors (Lipinski definition) is 6. The monoisotopic (exact) mass is 342 g/mol. The molecule has 0 amide bonds. The van der Waals surface area contributed by atoms with Gasteiger partial charge in [-0.1, -0.05) is 6.07 Å². The highest BCUT2D eigenvalue weighted by Crippen LogP contribution is 2.41. The number of nitro benzene ring substituents is 2. The Labute approximate surface area is 132 Å². The number of nitro groups is 2. The Morgan fingerprint density at radius 3 is 2.12 bits per heavy atom. The third kappa shape index (κ3) is 3.74. The van der Waals surface area contributed by atoms with Crippen molar-refractivity contribution in [2.45, 2.75) is 12.7 Å². The fourth-order valence-electron chi connectivity index (χ4n) is 1.94. The van der Waals surface area contributed by atoms with E-state index in [0.29, 0.717) is 5.56 Å². The third-order valence-corrected chi connectivity index (χ3v) is 3.01. The van der Waals surface area contributed by atoms with Crippen molar-refractivity contribution < 1.29 is 23.0 Å². The number of nitrogens with one attached hydrogen (secondary N) is 1. The van der Waals surface area contributed by atoms with Gasteiger partial charge in [0.2, 0.25) is 0 Å². The lowest BCUT2D eigenvalue weighted by atomic mass is 10.1. The topological polar surface area (TPSA) is 111 Å². The predicted octanol–water partition coefficient (Wildman–Crippen LogP) is 3.53. The van der Waals surface area contributed by atoms with Crippen molar-refractivity contribution in [3.63, 3.8) is 0 Å². The molecule has 2 aromatic rings. The quantitative estimate of drug-likeness (QED) is 0.657. The van der Waals surface area contributed by atoms with Gasteiger partial charge in [-0.15, -0.1) is 0 Å². The van der Waals surface area contributed by atoms with Gasteiger partial charge in [-0.3, -0.25) is 25.2 Å². The molecule has 0 atom stereocenters. The van der Waals surface area contributed by atoms with E-state index in [4.69, 9.17) is 0 Å². The van der Waals surface area contributed by atoms with Crippen LogP contribution in [0, 0.1) is 20.2 Å². The smallest absolute Gasteiger partial charge is 0.370 e. The Morgan fingerprint density at radius 1 is 1.12 bits per heavy atom. The summed E-state index contributed by atoms with van der Waals surface area (Å²) in [6, 6.07) is 3.70. The molecule has 24 heavy (non-hydrogen) atoms. The zero-order chi connectivity index (χ0) is 17.9. The SMILES string of the molecule is O=[N+]([O-])c1cc(C(F)(F)F)cc([N+](=O)[O-])c1NCc1cccnc1. The van der Waals surface area contributed by atoms with E-state index < -0.39 is 38.6 Å². The van der Waals surface area contributed by atoms with Crippen LogP contribution in [0.5, 0.6) is 0 Å². The second-order valence-corrected chi connectivity index (χ2v) is 4.62. The lowest BCUT2D eigenvalue weighted by molar-refractivity contribution is -0.392. The summed E-state index contributed by atoms with van der Waals surface area (Å²) < 4.78 is 38.4. The number of anilines is 1. The second kappa shape index (κ2) is 6.48. The van der Waals surface area contributed by atoms with Gasteiger partial charge in [0.05, 0.1) is 15.4 Å². The molecule has 0 radical (unpaired) electrons. The lowest BCUT2D eigenvalue weighted by Gasteiger charge is -2.11. The second-order valence-electron chi connectivity index (χ2n) is 4.62. The molecule has 0 bridgehead atoms. The number of alkyl halides is 3. The molecule has 1 aromatic heterocycles. The summed E-state index contributed by atoms with van der Waals surface area (Å²) in [7, 11) is 0. The molecule has 0 aliphatic heterocycles. The summed E-state index contributed by atoms with van der Waals surface area (Å²) in [6.45, 7) is -0.0825. The molecule has 0 saturated carbocycles. The molecule has 1 heterocycles. The fraction of sp³-hybridized carbons (Fsp3) is 0.154. The highest BCUT2D eigenvalue weighted by molar-refractivity contribution is 5.75. The summed E-state index contributed by atoms with van der Waals surface area (Å²) >= 11 is 0. The summed E-state index contributed by atoms with van der Waals surface area (Å²) in [5, 5.41) is 24.5. The minimum Gasteiger partial charge on any atom is -0.370 e. The van der Waals surface area contributed by atoms with Crippen LogP contribution < -0.4 is 5.32 Å². The first kappa shape index (κ1) is 17.1. The average Bonchev–Trinajstić information content (AvgIpc) is 2.51. The number of rotatable bonds is 5. The Hall–Kier alpha value is -3.24. The predicted molar refractivity (Wildman–Crippen MR) is 76.3 cm³/mol. The summed E-state index contributed by atoms with van der Waals surface area (Å²) in [4.78, 5) is 23.7. The van der Waals surface area contributed by atoms with E-state index in [2.05, 4.69) is 10.3 Å². The van der Waals surface area contributed by atoms with Gasteiger partial charge in [-0.2, -0.15) is 13.2 Å². The van der Waals surface area contributed by atoms with Crippen molar-refractivity contribution in [1.82, 2.24) is 4.98 Å². The highest BCUT2D eigenvalue weighted by Gasteiger charge is 2.37. The van der Waals surface area contributed by atoms with E-state index in [1.54, 1.807) is 12.1 Å². The number of halogens is 3. The minimum atomic E-state index is -4.95. The Balaban J connectivity index is 2.51. The number of aromatic nitrogens is 1. The van der Waals surface area contributed by atoms with Crippen molar-refractivity contribution in [3.8, 4) is 0 Å². The highest BCUT2D eigenvalue weighted by atomic mass is 19.4.